The highest BCUT2D eigenvalue weighted by molar-refractivity contribution is 6.03. The van der Waals surface area contributed by atoms with E-state index in [4.69, 9.17) is 18.5 Å². The Kier molecular flexibility index (Phi) is 7.86. The standard InChI is InChI=1S/C37H36N6O6/c1-36(2,3)30-17-32(42-48-30)40-34(44)38-26-9-8-23-13-24-12-21(6-7-22(24)14-25(23)15-26)19-37(4,5)31-18-33(43-49-31)41-35(45)39-27-10-11-28-29(16-27)47-20-46-28/h6-18H,19-20H2,1-5H3,(H2,38,40,42,44)(H2,39,41,43,45). The molecule has 12 heteroatoms. The van der Waals surface area contributed by atoms with E-state index in [-0.39, 0.29) is 12.2 Å². The molecule has 0 aliphatic carbocycles. The van der Waals surface area contributed by atoms with Gasteiger partial charge in [-0.25, -0.2) is 9.59 Å². The molecule has 4 aromatic carbocycles. The van der Waals surface area contributed by atoms with Gasteiger partial charge in [0.15, 0.2) is 23.1 Å². The predicted molar refractivity (Wildman–Crippen MR) is 188 cm³/mol. The van der Waals surface area contributed by atoms with Crippen LogP contribution in [-0.2, 0) is 17.3 Å². The molecule has 6 aromatic rings. The molecule has 4 N–H and O–H groups in total. The van der Waals surface area contributed by atoms with Gasteiger partial charge in [-0.1, -0.05) is 69.2 Å². The van der Waals surface area contributed by atoms with Crippen molar-refractivity contribution >= 4 is 56.6 Å². The van der Waals surface area contributed by atoms with Crippen molar-refractivity contribution < 1.29 is 28.1 Å². The molecular formula is C37H36N6O6. The average Bonchev–Trinajstić information content (AvgIpc) is 3.81. The van der Waals surface area contributed by atoms with Gasteiger partial charge in [0, 0.05) is 40.4 Å². The fourth-order valence-electron chi connectivity index (χ4n) is 5.70. The van der Waals surface area contributed by atoms with Crippen LogP contribution in [0.25, 0.3) is 21.5 Å². The van der Waals surface area contributed by atoms with Gasteiger partial charge in [0.1, 0.15) is 11.5 Å². The second-order valence-electron chi connectivity index (χ2n) is 13.8. The Hall–Kier alpha value is -6.04. The maximum absolute atomic E-state index is 12.6. The molecule has 2 aromatic heterocycles. The van der Waals surface area contributed by atoms with Crippen LogP contribution >= 0.6 is 0 Å². The Morgan fingerprint density at radius 1 is 0.612 bits per heavy atom. The lowest BCUT2D eigenvalue weighted by Gasteiger charge is -2.21. The largest absolute Gasteiger partial charge is 0.454 e. The number of carbonyl (C=O) groups excluding carboxylic acids is 2. The monoisotopic (exact) mass is 660 g/mol. The van der Waals surface area contributed by atoms with E-state index in [0.29, 0.717) is 52.5 Å². The molecule has 0 radical (unpaired) electrons. The summed E-state index contributed by atoms with van der Waals surface area (Å²) in [6, 6.07) is 24.2. The summed E-state index contributed by atoms with van der Waals surface area (Å²) in [5, 5.41) is 23.3. The van der Waals surface area contributed by atoms with Crippen LogP contribution in [0.2, 0.25) is 0 Å². The number of anilines is 4. The van der Waals surface area contributed by atoms with Crippen molar-refractivity contribution in [3.8, 4) is 11.5 Å². The first-order valence-electron chi connectivity index (χ1n) is 15.8. The topological polar surface area (TPSA) is 153 Å². The maximum atomic E-state index is 12.6. The molecule has 12 nitrogen and oxygen atoms in total. The highest BCUT2D eigenvalue weighted by atomic mass is 16.7. The molecule has 0 unspecified atom stereocenters. The minimum Gasteiger partial charge on any atom is -0.454 e. The fourth-order valence-corrected chi connectivity index (χ4v) is 5.70. The van der Waals surface area contributed by atoms with Crippen molar-refractivity contribution in [1.82, 2.24) is 10.3 Å². The highest BCUT2D eigenvalue weighted by Crippen LogP contribution is 2.35. The first-order chi connectivity index (χ1) is 23.4. The van der Waals surface area contributed by atoms with Crippen molar-refractivity contribution in [3.63, 3.8) is 0 Å². The summed E-state index contributed by atoms with van der Waals surface area (Å²) < 4.78 is 21.7. The van der Waals surface area contributed by atoms with Crippen molar-refractivity contribution in [2.75, 3.05) is 28.1 Å². The zero-order chi connectivity index (χ0) is 34.3. The number of aromatic nitrogens is 2. The van der Waals surface area contributed by atoms with Gasteiger partial charge in [-0.05, 0) is 69.9 Å². The molecule has 0 fully saturated rings. The molecule has 0 saturated carbocycles. The molecule has 0 atom stereocenters. The summed E-state index contributed by atoms with van der Waals surface area (Å²) in [5.41, 5.74) is 1.73. The molecule has 250 valence electrons. The molecule has 3 heterocycles. The summed E-state index contributed by atoms with van der Waals surface area (Å²) >= 11 is 0. The Bertz CT molecular complexity index is 2210. The first kappa shape index (κ1) is 31.6. The average molecular weight is 661 g/mol. The van der Waals surface area contributed by atoms with Gasteiger partial charge in [-0.2, -0.15) is 0 Å². The molecule has 0 saturated heterocycles. The Labute approximate surface area is 282 Å². The van der Waals surface area contributed by atoms with Gasteiger partial charge in [0.05, 0.1) is 0 Å². The number of rotatable bonds is 7. The van der Waals surface area contributed by atoms with Crippen LogP contribution in [0.5, 0.6) is 11.5 Å². The van der Waals surface area contributed by atoms with Crippen molar-refractivity contribution in [2.45, 2.75) is 51.9 Å². The van der Waals surface area contributed by atoms with Crippen molar-refractivity contribution in [2.24, 2.45) is 0 Å². The third kappa shape index (κ3) is 6.98. The van der Waals surface area contributed by atoms with E-state index < -0.39 is 17.5 Å². The molecule has 0 bridgehead atoms. The quantitative estimate of drug-likeness (QED) is 0.124. The van der Waals surface area contributed by atoms with Gasteiger partial charge in [0.25, 0.3) is 0 Å². The van der Waals surface area contributed by atoms with Crippen LogP contribution in [0.4, 0.5) is 32.6 Å². The van der Waals surface area contributed by atoms with Gasteiger partial charge in [0.2, 0.25) is 6.79 Å². The van der Waals surface area contributed by atoms with Crippen LogP contribution < -0.4 is 30.7 Å². The number of carbonyl (C=O) groups is 2. The Morgan fingerprint density at radius 3 is 1.86 bits per heavy atom. The van der Waals surface area contributed by atoms with E-state index >= 15 is 0 Å². The van der Waals surface area contributed by atoms with Gasteiger partial charge >= 0.3 is 12.1 Å². The summed E-state index contributed by atoms with van der Waals surface area (Å²) in [6.45, 7) is 10.3. The van der Waals surface area contributed by atoms with Crippen molar-refractivity contribution in [1.29, 1.82) is 0 Å². The number of nitrogens with zero attached hydrogens (tertiary/aromatic N) is 2. The van der Waals surface area contributed by atoms with Gasteiger partial charge < -0.3 is 29.2 Å². The second-order valence-corrected chi connectivity index (χ2v) is 13.8. The second kappa shape index (κ2) is 12.2. The lowest BCUT2D eigenvalue weighted by molar-refractivity contribution is 0.174. The number of hydrogen-bond acceptors (Lipinski definition) is 8. The number of fused-ring (bicyclic) bond motifs is 3. The number of urea groups is 2. The molecule has 7 rings (SSSR count). The molecule has 1 aliphatic rings. The summed E-state index contributed by atoms with van der Waals surface area (Å²) in [7, 11) is 0. The van der Waals surface area contributed by atoms with E-state index in [1.54, 1.807) is 30.3 Å². The zero-order valence-electron chi connectivity index (χ0n) is 27.8. The van der Waals surface area contributed by atoms with Crippen LogP contribution in [-0.4, -0.2) is 29.2 Å². The summed E-state index contributed by atoms with van der Waals surface area (Å²) in [4.78, 5) is 25.3. The third-order valence-electron chi connectivity index (χ3n) is 8.30. The number of benzene rings is 4. The smallest absolute Gasteiger partial charge is 0.324 e. The van der Waals surface area contributed by atoms with Crippen LogP contribution in [0, 0.1) is 0 Å². The molecule has 4 amide bonds. The first-order valence-corrected chi connectivity index (χ1v) is 15.8. The Balaban J connectivity index is 0.993. The van der Waals surface area contributed by atoms with E-state index in [1.807, 2.05) is 39.0 Å². The summed E-state index contributed by atoms with van der Waals surface area (Å²) in [6.07, 6.45) is 0.680. The van der Waals surface area contributed by atoms with Gasteiger partial charge in [-0.15, -0.1) is 0 Å². The minimum absolute atomic E-state index is 0.159. The van der Waals surface area contributed by atoms with Crippen LogP contribution in [0.3, 0.4) is 0 Å². The molecule has 1 aliphatic heterocycles. The number of amides is 4. The predicted octanol–water partition coefficient (Wildman–Crippen LogP) is 8.80. The van der Waals surface area contributed by atoms with E-state index in [9.17, 15) is 9.59 Å². The highest BCUT2D eigenvalue weighted by Gasteiger charge is 2.27. The number of ether oxygens (including phenoxy) is 2. The van der Waals surface area contributed by atoms with E-state index in [1.165, 1.54) is 0 Å². The lowest BCUT2D eigenvalue weighted by atomic mass is 9.83. The number of hydrogen-bond donors (Lipinski definition) is 4. The zero-order valence-corrected chi connectivity index (χ0v) is 27.8. The van der Waals surface area contributed by atoms with Crippen molar-refractivity contribution in [3.05, 3.63) is 95.9 Å². The molecule has 49 heavy (non-hydrogen) atoms. The minimum atomic E-state index is -0.453. The maximum Gasteiger partial charge on any atom is 0.324 e. The molecule has 0 spiro atoms. The fraction of sp³-hybridized carbons (Fsp3) is 0.243. The third-order valence-corrected chi connectivity index (χ3v) is 8.30. The van der Waals surface area contributed by atoms with Crippen LogP contribution in [0.15, 0.2) is 87.9 Å². The molecular weight excluding hydrogens is 624 g/mol. The summed E-state index contributed by atoms with van der Waals surface area (Å²) in [5.74, 6) is 3.21. The normalized spacial score (nSPS) is 12.7. The van der Waals surface area contributed by atoms with Crippen LogP contribution in [0.1, 0.15) is 51.7 Å². The van der Waals surface area contributed by atoms with E-state index in [0.717, 1.165) is 27.1 Å². The van der Waals surface area contributed by atoms with Gasteiger partial charge in [-0.3, -0.25) is 10.6 Å². The Morgan fingerprint density at radius 2 is 1.18 bits per heavy atom. The number of nitrogens with one attached hydrogen (secondary N) is 4. The SMILES string of the molecule is CC(C)(C)c1cc(NC(=O)Nc2ccc3cc4cc(CC(C)(C)c5cc(NC(=O)Nc6ccc7c(c6)OCO7)no5)ccc4cc3c2)no1. The van der Waals surface area contributed by atoms with E-state index in [2.05, 4.69) is 75.8 Å². The lowest BCUT2D eigenvalue weighted by Crippen LogP contribution is -2.20.